The predicted octanol–water partition coefficient (Wildman–Crippen LogP) is 2.94. The quantitative estimate of drug-likeness (QED) is 0.852. The lowest BCUT2D eigenvalue weighted by Crippen LogP contribution is -2.42. The molecule has 1 atom stereocenters. The van der Waals surface area contributed by atoms with Crippen LogP contribution in [0.25, 0.3) is 0 Å². The molecule has 142 valence electrons. The Kier molecular flexibility index (Phi) is 5.91. The van der Waals surface area contributed by atoms with Crippen molar-refractivity contribution in [1.29, 1.82) is 0 Å². The van der Waals surface area contributed by atoms with E-state index < -0.39 is 0 Å². The van der Waals surface area contributed by atoms with E-state index in [1.165, 1.54) is 38.8 Å². The molecule has 1 aromatic rings. The second-order valence-corrected chi connectivity index (χ2v) is 8.29. The fourth-order valence-corrected chi connectivity index (χ4v) is 4.86. The molecule has 2 fully saturated rings. The van der Waals surface area contributed by atoms with Gasteiger partial charge in [-0.3, -0.25) is 9.69 Å². The second-order valence-electron chi connectivity index (χ2n) is 8.29. The molecule has 0 saturated carbocycles. The van der Waals surface area contributed by atoms with E-state index in [0.29, 0.717) is 24.9 Å². The number of carbonyl (C=O) groups is 1. The summed E-state index contributed by atoms with van der Waals surface area (Å²) < 4.78 is 5.56. The number of rotatable bonds is 6. The lowest BCUT2D eigenvalue weighted by molar-refractivity contribution is -0.122. The van der Waals surface area contributed by atoms with Crippen LogP contribution in [0.2, 0.25) is 0 Å². The lowest BCUT2D eigenvalue weighted by Gasteiger charge is -2.36. The van der Waals surface area contributed by atoms with E-state index in [9.17, 15) is 4.79 Å². The molecule has 0 bridgehead atoms. The van der Waals surface area contributed by atoms with Crippen molar-refractivity contribution in [2.24, 2.45) is 5.92 Å². The van der Waals surface area contributed by atoms with Crippen LogP contribution in [-0.4, -0.2) is 49.2 Å². The first kappa shape index (κ1) is 18.0. The van der Waals surface area contributed by atoms with Crippen LogP contribution in [0, 0.1) is 5.92 Å². The Bertz CT molecular complexity index is 579. The first-order chi connectivity index (χ1) is 12.8. The summed E-state index contributed by atoms with van der Waals surface area (Å²) in [5.41, 5.74) is 3.09. The Morgan fingerprint density at radius 3 is 2.50 bits per heavy atom. The van der Waals surface area contributed by atoms with E-state index in [0.717, 1.165) is 25.9 Å². The number of hydrogen-bond donors (Lipinski definition) is 1. The number of amides is 1. The molecule has 1 amide bonds. The van der Waals surface area contributed by atoms with Gasteiger partial charge in [-0.05, 0) is 75.1 Å². The van der Waals surface area contributed by atoms with Crippen molar-refractivity contribution in [3.63, 3.8) is 0 Å². The first-order valence-electron chi connectivity index (χ1n) is 10.5. The molecule has 26 heavy (non-hydrogen) atoms. The summed E-state index contributed by atoms with van der Waals surface area (Å²) in [5.74, 6) is 0.915. The Morgan fingerprint density at radius 2 is 1.85 bits per heavy atom. The highest BCUT2D eigenvalue weighted by Gasteiger charge is 2.29. The molecule has 2 saturated heterocycles. The summed E-state index contributed by atoms with van der Waals surface area (Å²) in [6.07, 6.45) is 9.09. The molecule has 2 heterocycles. The van der Waals surface area contributed by atoms with Crippen molar-refractivity contribution in [1.82, 2.24) is 10.2 Å². The number of benzene rings is 1. The molecule has 4 rings (SSSR count). The number of ether oxygens (including phenoxy) is 1. The molecule has 0 unspecified atom stereocenters. The van der Waals surface area contributed by atoms with Gasteiger partial charge in [0.25, 0.3) is 0 Å². The third-order valence-corrected chi connectivity index (χ3v) is 6.53. The summed E-state index contributed by atoms with van der Waals surface area (Å²) in [6.45, 7) is 3.94. The Labute approximate surface area is 157 Å². The van der Waals surface area contributed by atoms with Gasteiger partial charge in [-0.25, -0.2) is 0 Å². The zero-order valence-corrected chi connectivity index (χ0v) is 15.8. The van der Waals surface area contributed by atoms with Crippen LogP contribution in [0.3, 0.4) is 0 Å². The number of likely N-dealkylation sites (tertiary alicyclic amines) is 1. The molecule has 0 spiro atoms. The number of piperidine rings is 1. The highest BCUT2D eigenvalue weighted by Crippen LogP contribution is 2.29. The lowest BCUT2D eigenvalue weighted by atomic mass is 9.91. The number of carbonyl (C=O) groups excluding carboxylic acids is 1. The topological polar surface area (TPSA) is 41.6 Å². The summed E-state index contributed by atoms with van der Waals surface area (Å²) >= 11 is 0. The van der Waals surface area contributed by atoms with Crippen LogP contribution in [0.1, 0.15) is 49.7 Å². The monoisotopic (exact) mass is 356 g/mol. The fraction of sp³-hybridized carbons (Fsp3) is 0.682. The maximum absolute atomic E-state index is 12.1. The van der Waals surface area contributed by atoms with Gasteiger partial charge in [-0.1, -0.05) is 24.3 Å². The van der Waals surface area contributed by atoms with E-state index in [1.54, 1.807) is 11.1 Å². The average Bonchev–Trinajstić information content (AvgIpc) is 3.34. The normalized spacial score (nSPS) is 24.7. The molecule has 3 aliphatic rings. The predicted molar refractivity (Wildman–Crippen MR) is 103 cm³/mol. The highest BCUT2D eigenvalue weighted by molar-refractivity contribution is 5.75. The van der Waals surface area contributed by atoms with Crippen LogP contribution in [0.4, 0.5) is 0 Å². The molecule has 4 nitrogen and oxygen atoms in total. The van der Waals surface area contributed by atoms with Crippen LogP contribution in [-0.2, 0) is 22.4 Å². The van der Waals surface area contributed by atoms with E-state index in [-0.39, 0.29) is 12.0 Å². The van der Waals surface area contributed by atoms with E-state index in [2.05, 4.69) is 34.5 Å². The van der Waals surface area contributed by atoms with Crippen LogP contribution >= 0.6 is 0 Å². The summed E-state index contributed by atoms with van der Waals surface area (Å²) in [7, 11) is 0. The zero-order chi connectivity index (χ0) is 17.8. The van der Waals surface area contributed by atoms with Gasteiger partial charge in [0.2, 0.25) is 5.91 Å². The van der Waals surface area contributed by atoms with Crippen LogP contribution in [0.15, 0.2) is 24.3 Å². The maximum atomic E-state index is 12.1. The molecule has 2 aliphatic heterocycles. The zero-order valence-electron chi connectivity index (χ0n) is 15.8. The van der Waals surface area contributed by atoms with E-state index in [4.69, 9.17) is 4.74 Å². The number of fused-ring (bicyclic) bond motifs is 1. The van der Waals surface area contributed by atoms with Crippen molar-refractivity contribution in [3.8, 4) is 0 Å². The van der Waals surface area contributed by atoms with Crippen molar-refractivity contribution in [2.75, 3.05) is 26.2 Å². The van der Waals surface area contributed by atoms with E-state index in [1.807, 2.05) is 0 Å². The largest absolute Gasteiger partial charge is 0.376 e. The first-order valence-corrected chi connectivity index (χ1v) is 10.5. The third-order valence-electron chi connectivity index (χ3n) is 6.53. The smallest absolute Gasteiger partial charge is 0.220 e. The molecular formula is C22H32N2O2. The highest BCUT2D eigenvalue weighted by atomic mass is 16.5. The van der Waals surface area contributed by atoms with Gasteiger partial charge >= 0.3 is 0 Å². The summed E-state index contributed by atoms with van der Waals surface area (Å²) in [5, 5.41) is 3.05. The number of hydrogen-bond acceptors (Lipinski definition) is 3. The molecular weight excluding hydrogens is 324 g/mol. The van der Waals surface area contributed by atoms with Gasteiger partial charge in [-0.15, -0.1) is 0 Å². The molecule has 0 radical (unpaired) electrons. The average molecular weight is 357 g/mol. The molecule has 1 aromatic carbocycles. The van der Waals surface area contributed by atoms with Crippen molar-refractivity contribution in [3.05, 3.63) is 35.4 Å². The van der Waals surface area contributed by atoms with Crippen LogP contribution < -0.4 is 5.32 Å². The molecule has 4 heteroatoms. The van der Waals surface area contributed by atoms with Gasteiger partial charge in [0.1, 0.15) is 0 Å². The Morgan fingerprint density at radius 1 is 1.12 bits per heavy atom. The van der Waals surface area contributed by atoms with Crippen molar-refractivity contribution >= 4 is 5.91 Å². The molecule has 1 aliphatic carbocycles. The van der Waals surface area contributed by atoms with Gasteiger partial charge < -0.3 is 10.1 Å². The van der Waals surface area contributed by atoms with Gasteiger partial charge in [0.15, 0.2) is 0 Å². The van der Waals surface area contributed by atoms with Crippen molar-refractivity contribution < 1.29 is 9.53 Å². The minimum Gasteiger partial charge on any atom is -0.376 e. The van der Waals surface area contributed by atoms with Gasteiger partial charge in [0, 0.05) is 25.6 Å². The van der Waals surface area contributed by atoms with E-state index >= 15 is 0 Å². The third kappa shape index (κ3) is 4.47. The minimum atomic E-state index is 0.203. The summed E-state index contributed by atoms with van der Waals surface area (Å²) in [6, 6.07) is 9.60. The Hall–Kier alpha value is -1.39. The fourth-order valence-electron chi connectivity index (χ4n) is 4.86. The van der Waals surface area contributed by atoms with Gasteiger partial charge in [-0.2, -0.15) is 0 Å². The molecule has 1 N–H and O–H groups in total. The SMILES string of the molecule is O=C(CCC1CCN(C2Cc3ccccc3C2)CC1)NC[C@H]1CCCO1. The number of nitrogens with zero attached hydrogens (tertiary/aromatic N) is 1. The Balaban J connectivity index is 1.14. The van der Waals surface area contributed by atoms with Crippen molar-refractivity contribution in [2.45, 2.75) is 63.5 Å². The maximum Gasteiger partial charge on any atom is 0.220 e. The molecule has 0 aromatic heterocycles. The second kappa shape index (κ2) is 8.53. The standard InChI is InChI=1S/C22H32N2O2/c25-22(23-16-21-6-3-13-26-21)8-7-17-9-11-24(12-10-17)20-14-18-4-1-2-5-19(18)15-20/h1-2,4-5,17,20-21H,3,6-16H2,(H,23,25)/t21-/m1/s1. The summed E-state index contributed by atoms with van der Waals surface area (Å²) in [4.78, 5) is 14.8. The van der Waals surface area contributed by atoms with Gasteiger partial charge in [0.05, 0.1) is 6.10 Å². The minimum absolute atomic E-state index is 0.203. The van der Waals surface area contributed by atoms with Crippen LogP contribution in [0.5, 0.6) is 0 Å². The number of nitrogens with one attached hydrogen (secondary N) is 1.